The number of aromatic nitrogens is 2. The van der Waals surface area contributed by atoms with E-state index in [0.29, 0.717) is 47.3 Å². The van der Waals surface area contributed by atoms with E-state index in [1.807, 2.05) is 0 Å². The van der Waals surface area contributed by atoms with Crippen LogP contribution in [0.3, 0.4) is 0 Å². The predicted octanol–water partition coefficient (Wildman–Crippen LogP) is 4.07. The van der Waals surface area contributed by atoms with Gasteiger partial charge in [0.25, 0.3) is 0 Å². The Hall–Kier alpha value is -1.26. The largest absolute Gasteiger partial charge is 0.443 e. The van der Waals surface area contributed by atoms with Gasteiger partial charge < -0.3 is 20.4 Å². The second kappa shape index (κ2) is 10.9. The van der Waals surface area contributed by atoms with Crippen molar-refractivity contribution in [3.63, 3.8) is 0 Å². The van der Waals surface area contributed by atoms with Gasteiger partial charge in [0, 0.05) is 31.7 Å². The van der Waals surface area contributed by atoms with Crippen molar-refractivity contribution in [2.45, 2.75) is 32.7 Å². The maximum absolute atomic E-state index is 6.07. The number of anilines is 1. The maximum Gasteiger partial charge on any atom is 0.213 e. The first-order valence-corrected chi connectivity index (χ1v) is 9.00. The van der Waals surface area contributed by atoms with Gasteiger partial charge in [0.05, 0.1) is 22.8 Å². The summed E-state index contributed by atoms with van der Waals surface area (Å²) < 4.78 is 5.75. The maximum atomic E-state index is 6.07. The van der Waals surface area contributed by atoms with E-state index in [9.17, 15) is 0 Å². The molecule has 0 atom stereocenters. The smallest absolute Gasteiger partial charge is 0.213 e. The summed E-state index contributed by atoms with van der Waals surface area (Å²) in [6.45, 7) is 7.94. The van der Waals surface area contributed by atoms with Crippen LogP contribution in [0.25, 0.3) is 0 Å². The highest BCUT2D eigenvalue weighted by atomic mass is 127. The van der Waals surface area contributed by atoms with Crippen molar-refractivity contribution in [3.05, 3.63) is 40.2 Å². The third-order valence-electron chi connectivity index (χ3n) is 3.44. The summed E-state index contributed by atoms with van der Waals surface area (Å²) in [7, 11) is 1.70. The molecular formula is C17H25Cl2IN6O. The highest BCUT2D eigenvalue weighted by Gasteiger charge is 2.19. The molecule has 0 saturated heterocycles. The number of nitrogens with one attached hydrogen (secondary N) is 3. The second-order valence-corrected chi connectivity index (χ2v) is 7.48. The summed E-state index contributed by atoms with van der Waals surface area (Å²) in [6, 6.07) is 1.65. The molecular weight excluding hydrogens is 502 g/mol. The highest BCUT2D eigenvalue weighted by molar-refractivity contribution is 14.0. The number of guanidine groups is 1. The zero-order chi connectivity index (χ0) is 19.2. The molecule has 10 heteroatoms. The normalized spacial score (nSPS) is 11.7. The van der Waals surface area contributed by atoms with Crippen LogP contribution in [0.2, 0.25) is 10.0 Å². The quantitative estimate of drug-likeness (QED) is 0.227. The van der Waals surface area contributed by atoms with Crippen LogP contribution in [0.1, 0.15) is 32.4 Å². The number of hydrogen-bond donors (Lipinski definition) is 3. The van der Waals surface area contributed by atoms with Gasteiger partial charge in [0.1, 0.15) is 11.6 Å². The van der Waals surface area contributed by atoms with Crippen LogP contribution in [0.4, 0.5) is 5.82 Å². The number of oxazole rings is 1. The van der Waals surface area contributed by atoms with Crippen LogP contribution >= 0.6 is 47.2 Å². The van der Waals surface area contributed by atoms with E-state index in [0.717, 1.165) is 5.76 Å². The van der Waals surface area contributed by atoms with E-state index < -0.39 is 0 Å². The first-order chi connectivity index (χ1) is 12.3. The average Bonchev–Trinajstić information content (AvgIpc) is 3.05. The second-order valence-electron chi connectivity index (χ2n) is 6.63. The minimum absolute atomic E-state index is 0. The number of halogens is 3. The van der Waals surface area contributed by atoms with Crippen LogP contribution in [0.5, 0.6) is 0 Å². The molecule has 0 saturated carbocycles. The molecule has 0 aromatic carbocycles. The van der Waals surface area contributed by atoms with Crippen LogP contribution in [-0.4, -0.2) is 36.1 Å². The standard InChI is InChI=1S/C17H24Cl2N6O.HI/c1-17(2,3)13-9-23-14(26-13)10-25-16(20-4)22-6-5-21-15-12(19)7-11(18)8-24-15;/h7-9H,5-6,10H2,1-4H3,(H,21,24)(H2,20,22,25);1H. The van der Waals surface area contributed by atoms with Crippen molar-refractivity contribution in [1.82, 2.24) is 20.6 Å². The summed E-state index contributed by atoms with van der Waals surface area (Å²) in [6.07, 6.45) is 3.31. The molecule has 0 radical (unpaired) electrons. The highest BCUT2D eigenvalue weighted by Crippen LogP contribution is 2.23. The Labute approximate surface area is 186 Å². The molecule has 0 aliphatic carbocycles. The fourth-order valence-corrected chi connectivity index (χ4v) is 2.47. The lowest BCUT2D eigenvalue weighted by atomic mass is 9.94. The Bertz CT molecular complexity index is 760. The number of pyridine rings is 1. The van der Waals surface area contributed by atoms with Crippen molar-refractivity contribution in [3.8, 4) is 0 Å². The number of rotatable bonds is 6. The lowest BCUT2D eigenvalue weighted by molar-refractivity contribution is 0.379. The van der Waals surface area contributed by atoms with Gasteiger partial charge in [-0.05, 0) is 6.07 Å². The molecule has 150 valence electrons. The minimum atomic E-state index is -0.0617. The Morgan fingerprint density at radius 3 is 2.48 bits per heavy atom. The van der Waals surface area contributed by atoms with Gasteiger partial charge in [0.15, 0.2) is 5.96 Å². The SMILES string of the molecule is CN=C(NCCNc1ncc(Cl)cc1Cl)NCc1ncc(C(C)(C)C)o1.I. The molecule has 0 amide bonds. The fraction of sp³-hybridized carbons (Fsp3) is 0.471. The van der Waals surface area contributed by atoms with Crippen molar-refractivity contribution in [2.24, 2.45) is 4.99 Å². The zero-order valence-electron chi connectivity index (χ0n) is 15.8. The van der Waals surface area contributed by atoms with E-state index in [4.69, 9.17) is 27.6 Å². The fourth-order valence-electron chi connectivity index (χ4n) is 2.03. The molecule has 0 aliphatic rings. The lowest BCUT2D eigenvalue weighted by Crippen LogP contribution is -2.39. The molecule has 2 rings (SSSR count). The van der Waals surface area contributed by atoms with E-state index in [1.54, 1.807) is 25.5 Å². The Balaban J connectivity index is 0.00000364. The molecule has 0 bridgehead atoms. The summed E-state index contributed by atoms with van der Waals surface area (Å²) >= 11 is 11.9. The third kappa shape index (κ3) is 7.71. The van der Waals surface area contributed by atoms with Crippen molar-refractivity contribution < 1.29 is 4.42 Å². The van der Waals surface area contributed by atoms with Gasteiger partial charge in [-0.15, -0.1) is 24.0 Å². The van der Waals surface area contributed by atoms with E-state index >= 15 is 0 Å². The van der Waals surface area contributed by atoms with Crippen LogP contribution < -0.4 is 16.0 Å². The number of nitrogens with zero attached hydrogens (tertiary/aromatic N) is 3. The van der Waals surface area contributed by atoms with Crippen LogP contribution in [0, 0.1) is 0 Å². The Morgan fingerprint density at radius 1 is 1.15 bits per heavy atom. The first-order valence-electron chi connectivity index (χ1n) is 8.24. The van der Waals surface area contributed by atoms with Gasteiger partial charge in [0.2, 0.25) is 5.89 Å². The molecule has 27 heavy (non-hydrogen) atoms. The lowest BCUT2D eigenvalue weighted by Gasteiger charge is -2.13. The van der Waals surface area contributed by atoms with Crippen molar-refractivity contribution in [1.29, 1.82) is 0 Å². The molecule has 7 nitrogen and oxygen atoms in total. The van der Waals surface area contributed by atoms with Crippen LogP contribution in [-0.2, 0) is 12.0 Å². The van der Waals surface area contributed by atoms with Crippen molar-refractivity contribution >= 4 is 59.0 Å². The average molecular weight is 527 g/mol. The van der Waals surface area contributed by atoms with Gasteiger partial charge in [-0.2, -0.15) is 0 Å². The predicted molar refractivity (Wildman–Crippen MR) is 122 cm³/mol. The summed E-state index contributed by atoms with van der Waals surface area (Å²) in [4.78, 5) is 12.6. The van der Waals surface area contributed by atoms with Gasteiger partial charge in [-0.25, -0.2) is 9.97 Å². The monoisotopic (exact) mass is 526 g/mol. The van der Waals surface area contributed by atoms with Crippen molar-refractivity contribution in [2.75, 3.05) is 25.5 Å². The van der Waals surface area contributed by atoms with E-state index in [-0.39, 0.29) is 29.4 Å². The molecule has 0 fully saturated rings. The third-order valence-corrected chi connectivity index (χ3v) is 3.94. The number of hydrogen-bond acceptors (Lipinski definition) is 5. The van der Waals surface area contributed by atoms with E-state index in [2.05, 4.69) is 51.7 Å². The van der Waals surface area contributed by atoms with Gasteiger partial charge in [-0.3, -0.25) is 4.99 Å². The first kappa shape index (κ1) is 23.8. The summed E-state index contributed by atoms with van der Waals surface area (Å²) in [5, 5.41) is 10.5. The Kier molecular flexibility index (Phi) is 9.61. The summed E-state index contributed by atoms with van der Waals surface area (Å²) in [5.74, 6) is 2.72. The zero-order valence-corrected chi connectivity index (χ0v) is 19.6. The Morgan fingerprint density at radius 2 is 1.89 bits per heavy atom. The number of aliphatic imine (C=N–C) groups is 1. The molecule has 2 aromatic rings. The van der Waals surface area contributed by atoms with Gasteiger partial charge in [-0.1, -0.05) is 44.0 Å². The van der Waals surface area contributed by atoms with Crippen LogP contribution in [0.15, 0.2) is 27.9 Å². The molecule has 0 aliphatic heterocycles. The molecule has 2 heterocycles. The van der Waals surface area contributed by atoms with Gasteiger partial charge >= 0.3 is 0 Å². The topological polar surface area (TPSA) is 87.4 Å². The summed E-state index contributed by atoms with van der Waals surface area (Å²) in [5.41, 5.74) is -0.0617. The molecule has 0 spiro atoms. The minimum Gasteiger partial charge on any atom is -0.443 e. The molecule has 3 N–H and O–H groups in total. The molecule has 2 aromatic heterocycles. The molecule has 0 unspecified atom stereocenters. The van der Waals surface area contributed by atoms with E-state index in [1.165, 1.54) is 0 Å².